The molecule has 0 N–H and O–H groups in total. The monoisotopic (exact) mass is 337 g/mol. The molecule has 0 saturated heterocycles. The Hall–Kier alpha value is -3.08. The predicted molar refractivity (Wildman–Crippen MR) is 94.9 cm³/mol. The lowest BCUT2D eigenvalue weighted by molar-refractivity contribution is 0.101. The zero-order chi connectivity index (χ0) is 18.0. The van der Waals surface area contributed by atoms with Crippen molar-refractivity contribution in [2.24, 2.45) is 0 Å². The lowest BCUT2D eigenvalue weighted by atomic mass is 10.1. The SMILES string of the molecule is CCc1ccc(/C=C2\Oc3cc(OC(=O)N(C)C)ccc3C2=O)cc1. The molecule has 0 aliphatic carbocycles. The van der Waals surface area contributed by atoms with Gasteiger partial charge < -0.3 is 14.4 Å². The number of rotatable bonds is 3. The molecule has 0 spiro atoms. The van der Waals surface area contributed by atoms with Gasteiger partial charge >= 0.3 is 6.09 Å². The van der Waals surface area contributed by atoms with Crippen LogP contribution >= 0.6 is 0 Å². The predicted octanol–water partition coefficient (Wildman–Crippen LogP) is 3.93. The van der Waals surface area contributed by atoms with E-state index in [0.717, 1.165) is 12.0 Å². The number of hydrogen-bond donors (Lipinski definition) is 0. The van der Waals surface area contributed by atoms with E-state index in [0.29, 0.717) is 17.1 Å². The van der Waals surface area contributed by atoms with E-state index in [9.17, 15) is 9.59 Å². The summed E-state index contributed by atoms with van der Waals surface area (Å²) in [4.78, 5) is 25.4. The Morgan fingerprint density at radius 1 is 1.16 bits per heavy atom. The van der Waals surface area contributed by atoms with Crippen molar-refractivity contribution in [1.82, 2.24) is 4.90 Å². The highest BCUT2D eigenvalue weighted by Crippen LogP contribution is 2.35. The zero-order valence-corrected chi connectivity index (χ0v) is 14.4. The Bertz CT molecular complexity index is 850. The quantitative estimate of drug-likeness (QED) is 0.797. The van der Waals surface area contributed by atoms with E-state index >= 15 is 0 Å². The second-order valence-electron chi connectivity index (χ2n) is 5.96. The van der Waals surface area contributed by atoms with E-state index in [1.807, 2.05) is 24.3 Å². The van der Waals surface area contributed by atoms with Crippen molar-refractivity contribution in [3.8, 4) is 11.5 Å². The van der Waals surface area contributed by atoms with E-state index in [-0.39, 0.29) is 11.5 Å². The molecule has 0 bridgehead atoms. The number of ether oxygens (including phenoxy) is 2. The fraction of sp³-hybridized carbons (Fsp3) is 0.200. The zero-order valence-electron chi connectivity index (χ0n) is 14.4. The summed E-state index contributed by atoms with van der Waals surface area (Å²) in [5.41, 5.74) is 2.59. The van der Waals surface area contributed by atoms with Gasteiger partial charge in [0.25, 0.3) is 0 Å². The van der Waals surface area contributed by atoms with Crippen LogP contribution in [0.5, 0.6) is 11.5 Å². The Kier molecular flexibility index (Phi) is 4.57. The first kappa shape index (κ1) is 16.8. The van der Waals surface area contributed by atoms with Gasteiger partial charge in [-0.3, -0.25) is 4.79 Å². The molecule has 0 radical (unpaired) electrons. The summed E-state index contributed by atoms with van der Waals surface area (Å²) < 4.78 is 10.9. The van der Waals surface area contributed by atoms with Crippen molar-refractivity contribution in [3.63, 3.8) is 0 Å². The van der Waals surface area contributed by atoms with E-state index in [1.54, 1.807) is 38.4 Å². The topological polar surface area (TPSA) is 55.8 Å². The molecular weight excluding hydrogens is 318 g/mol. The van der Waals surface area contributed by atoms with Crippen LogP contribution in [0, 0.1) is 0 Å². The number of aryl methyl sites for hydroxylation is 1. The maximum Gasteiger partial charge on any atom is 0.414 e. The van der Waals surface area contributed by atoms with Crippen molar-refractivity contribution in [3.05, 3.63) is 64.9 Å². The first-order valence-electron chi connectivity index (χ1n) is 8.04. The van der Waals surface area contributed by atoms with Crippen LogP contribution in [0.15, 0.2) is 48.2 Å². The minimum Gasteiger partial charge on any atom is -0.452 e. The average Bonchev–Trinajstić information content (AvgIpc) is 2.91. The van der Waals surface area contributed by atoms with Crippen LogP contribution in [0.4, 0.5) is 4.79 Å². The fourth-order valence-electron chi connectivity index (χ4n) is 2.42. The van der Waals surface area contributed by atoms with Gasteiger partial charge in [-0.25, -0.2) is 4.79 Å². The second kappa shape index (κ2) is 6.81. The minimum atomic E-state index is -0.490. The third kappa shape index (κ3) is 3.55. The van der Waals surface area contributed by atoms with Crippen LogP contribution in [-0.4, -0.2) is 30.9 Å². The lowest BCUT2D eigenvalue weighted by Gasteiger charge is -2.10. The maximum atomic E-state index is 12.5. The van der Waals surface area contributed by atoms with Crippen molar-refractivity contribution in [1.29, 1.82) is 0 Å². The second-order valence-corrected chi connectivity index (χ2v) is 5.96. The van der Waals surface area contributed by atoms with Crippen LogP contribution in [0.2, 0.25) is 0 Å². The van der Waals surface area contributed by atoms with E-state index < -0.39 is 6.09 Å². The number of nitrogens with zero attached hydrogens (tertiary/aromatic N) is 1. The number of hydrogen-bond acceptors (Lipinski definition) is 4. The van der Waals surface area contributed by atoms with Gasteiger partial charge in [-0.15, -0.1) is 0 Å². The highest BCUT2D eigenvalue weighted by molar-refractivity contribution is 6.14. The van der Waals surface area contributed by atoms with Crippen LogP contribution in [0.25, 0.3) is 6.08 Å². The van der Waals surface area contributed by atoms with Gasteiger partial charge in [0, 0.05) is 20.2 Å². The standard InChI is InChI=1S/C20H19NO4/c1-4-13-5-7-14(8-6-13)11-18-19(22)16-10-9-15(12-17(16)25-18)24-20(23)21(2)3/h5-12H,4H2,1-3H3/b18-11-. The Morgan fingerprint density at radius 3 is 2.52 bits per heavy atom. The molecule has 1 aliphatic heterocycles. The molecule has 1 amide bonds. The number of amides is 1. The Labute approximate surface area is 146 Å². The molecule has 2 aromatic carbocycles. The summed E-state index contributed by atoms with van der Waals surface area (Å²) in [6, 6.07) is 12.7. The summed E-state index contributed by atoms with van der Waals surface area (Å²) in [5, 5.41) is 0. The number of carbonyl (C=O) groups is 2. The number of Topliss-reactive ketones (excluding diaryl/α,β-unsaturated/α-hetero) is 1. The van der Waals surface area contributed by atoms with Crippen LogP contribution in [-0.2, 0) is 6.42 Å². The average molecular weight is 337 g/mol. The van der Waals surface area contributed by atoms with Crippen LogP contribution in [0.1, 0.15) is 28.4 Å². The van der Waals surface area contributed by atoms with Gasteiger partial charge in [0.05, 0.1) is 5.56 Å². The molecule has 5 heteroatoms. The highest BCUT2D eigenvalue weighted by atomic mass is 16.6. The number of ketones is 1. The summed E-state index contributed by atoms with van der Waals surface area (Å²) in [6.45, 7) is 2.09. The van der Waals surface area contributed by atoms with Crippen molar-refractivity contribution < 1.29 is 19.1 Å². The van der Waals surface area contributed by atoms with E-state index in [1.165, 1.54) is 10.5 Å². The number of benzene rings is 2. The largest absolute Gasteiger partial charge is 0.452 e. The van der Waals surface area contributed by atoms with Gasteiger partial charge in [0.1, 0.15) is 11.5 Å². The molecule has 0 atom stereocenters. The third-order valence-corrected chi connectivity index (χ3v) is 3.90. The molecular formula is C20H19NO4. The molecule has 0 fully saturated rings. The van der Waals surface area contributed by atoms with Crippen molar-refractivity contribution >= 4 is 18.0 Å². The normalized spacial score (nSPS) is 14.2. The molecule has 5 nitrogen and oxygen atoms in total. The van der Waals surface area contributed by atoms with Gasteiger partial charge in [0.2, 0.25) is 5.78 Å². The fourth-order valence-corrected chi connectivity index (χ4v) is 2.42. The minimum absolute atomic E-state index is 0.181. The molecule has 2 aromatic rings. The highest BCUT2D eigenvalue weighted by Gasteiger charge is 2.28. The molecule has 0 unspecified atom stereocenters. The summed E-state index contributed by atoms with van der Waals surface area (Å²) in [6.07, 6.45) is 2.19. The molecule has 0 aromatic heterocycles. The molecule has 1 heterocycles. The van der Waals surface area contributed by atoms with Gasteiger partial charge in [-0.2, -0.15) is 0 Å². The van der Waals surface area contributed by atoms with Crippen molar-refractivity contribution in [2.75, 3.05) is 14.1 Å². The maximum absolute atomic E-state index is 12.5. The van der Waals surface area contributed by atoms with E-state index in [2.05, 4.69) is 6.92 Å². The molecule has 25 heavy (non-hydrogen) atoms. The first-order valence-corrected chi connectivity index (χ1v) is 8.04. The number of allylic oxidation sites excluding steroid dienone is 1. The van der Waals surface area contributed by atoms with Gasteiger partial charge in [-0.1, -0.05) is 31.2 Å². The smallest absolute Gasteiger partial charge is 0.414 e. The number of carbonyl (C=O) groups excluding carboxylic acids is 2. The van der Waals surface area contributed by atoms with E-state index in [4.69, 9.17) is 9.47 Å². The summed E-state index contributed by atoms with van der Waals surface area (Å²) in [7, 11) is 3.20. The van der Waals surface area contributed by atoms with Crippen molar-refractivity contribution in [2.45, 2.75) is 13.3 Å². The molecule has 3 rings (SSSR count). The molecule has 128 valence electrons. The Balaban J connectivity index is 1.82. The first-order chi connectivity index (χ1) is 12.0. The molecule has 0 saturated carbocycles. The Morgan fingerprint density at radius 2 is 1.88 bits per heavy atom. The molecule has 1 aliphatic rings. The van der Waals surface area contributed by atoms with Crippen LogP contribution < -0.4 is 9.47 Å². The summed E-state index contributed by atoms with van der Waals surface area (Å²) >= 11 is 0. The van der Waals surface area contributed by atoms with Crippen LogP contribution in [0.3, 0.4) is 0 Å². The summed E-state index contributed by atoms with van der Waals surface area (Å²) in [5.74, 6) is 0.805. The van der Waals surface area contributed by atoms with Gasteiger partial charge in [0.15, 0.2) is 5.76 Å². The third-order valence-electron chi connectivity index (χ3n) is 3.90. The lowest BCUT2D eigenvalue weighted by Crippen LogP contribution is -2.25. The number of fused-ring (bicyclic) bond motifs is 1. The van der Waals surface area contributed by atoms with Gasteiger partial charge in [-0.05, 0) is 35.8 Å².